The van der Waals surface area contributed by atoms with Gasteiger partial charge in [0, 0.05) is 37.6 Å². The Morgan fingerprint density at radius 3 is 2.70 bits per heavy atom. The van der Waals surface area contributed by atoms with Gasteiger partial charge in [0.1, 0.15) is 12.4 Å². The van der Waals surface area contributed by atoms with E-state index in [2.05, 4.69) is 28.1 Å². The van der Waals surface area contributed by atoms with Crippen LogP contribution in [-0.2, 0) is 17.8 Å². The van der Waals surface area contributed by atoms with E-state index in [1.165, 1.54) is 17.3 Å². The molecule has 1 amide bonds. The maximum atomic E-state index is 13.2. The third-order valence-corrected chi connectivity index (χ3v) is 6.30. The van der Waals surface area contributed by atoms with Crippen LogP contribution in [-0.4, -0.2) is 67.0 Å². The number of rotatable bonds is 6. The topological polar surface area (TPSA) is 88.2 Å². The number of ether oxygens (including phenoxy) is 1. The molecule has 0 radical (unpaired) electrons. The second-order valence-corrected chi connectivity index (χ2v) is 8.44. The first-order valence-corrected chi connectivity index (χ1v) is 11.2. The number of hydrogen-bond acceptors (Lipinski definition) is 6. The van der Waals surface area contributed by atoms with Crippen molar-refractivity contribution in [1.82, 2.24) is 9.80 Å². The number of carbonyl (C=O) groups is 2. The van der Waals surface area contributed by atoms with E-state index in [0.29, 0.717) is 31.0 Å². The Morgan fingerprint density at radius 1 is 1.15 bits per heavy atom. The molecule has 172 valence electrons. The van der Waals surface area contributed by atoms with Crippen molar-refractivity contribution in [2.75, 3.05) is 39.8 Å². The summed E-state index contributed by atoms with van der Waals surface area (Å²) < 4.78 is 5.88. The Kier molecular flexibility index (Phi) is 6.89. The molecule has 0 atom stereocenters. The van der Waals surface area contributed by atoms with Crippen LogP contribution in [0.1, 0.15) is 34.0 Å². The molecule has 0 spiro atoms. The molecular weight excluding hydrogens is 416 g/mol. The summed E-state index contributed by atoms with van der Waals surface area (Å²) in [6, 6.07) is 13.7. The molecule has 0 fully saturated rings. The van der Waals surface area contributed by atoms with Crippen LogP contribution in [0.5, 0.6) is 5.75 Å². The van der Waals surface area contributed by atoms with Gasteiger partial charge in [-0.2, -0.15) is 0 Å². The summed E-state index contributed by atoms with van der Waals surface area (Å²) in [5.41, 5.74) is 11.3. The molecule has 33 heavy (non-hydrogen) atoms. The van der Waals surface area contributed by atoms with E-state index < -0.39 is 0 Å². The lowest BCUT2D eigenvalue weighted by Gasteiger charge is -2.29. The van der Waals surface area contributed by atoms with Gasteiger partial charge in [0.05, 0.1) is 25.2 Å². The molecular formula is C26H30N4O3. The largest absolute Gasteiger partial charge is 0.491 e. The molecule has 2 aromatic carbocycles. The van der Waals surface area contributed by atoms with Gasteiger partial charge in [-0.1, -0.05) is 30.3 Å². The van der Waals surface area contributed by atoms with Crippen LogP contribution >= 0.6 is 0 Å². The normalized spacial score (nSPS) is 17.2. The van der Waals surface area contributed by atoms with Gasteiger partial charge in [0.2, 0.25) is 0 Å². The molecule has 7 heteroatoms. The van der Waals surface area contributed by atoms with E-state index in [0.717, 1.165) is 36.4 Å². The first kappa shape index (κ1) is 22.7. The fourth-order valence-electron chi connectivity index (χ4n) is 4.42. The summed E-state index contributed by atoms with van der Waals surface area (Å²) in [6.07, 6.45) is 2.45. The molecule has 0 aromatic heterocycles. The molecule has 0 bridgehead atoms. The van der Waals surface area contributed by atoms with Crippen molar-refractivity contribution in [3.63, 3.8) is 0 Å². The minimum absolute atomic E-state index is 0.0333. The molecule has 0 unspecified atom stereocenters. The first-order valence-electron chi connectivity index (χ1n) is 11.2. The minimum atomic E-state index is -0.189. The quantitative estimate of drug-likeness (QED) is 0.689. The Bertz CT molecular complexity index is 1120. The van der Waals surface area contributed by atoms with Gasteiger partial charge in [-0.3, -0.25) is 19.5 Å². The van der Waals surface area contributed by atoms with Gasteiger partial charge in [-0.05, 0) is 42.2 Å². The van der Waals surface area contributed by atoms with Crippen molar-refractivity contribution in [3.8, 4) is 5.75 Å². The molecule has 2 aliphatic rings. The minimum Gasteiger partial charge on any atom is -0.491 e. The van der Waals surface area contributed by atoms with Crippen LogP contribution in [0, 0.1) is 0 Å². The lowest BCUT2D eigenvalue weighted by molar-refractivity contribution is -0.121. The Labute approximate surface area is 194 Å². The third kappa shape index (κ3) is 4.98. The highest BCUT2D eigenvalue weighted by Crippen LogP contribution is 2.28. The highest BCUT2D eigenvalue weighted by molar-refractivity contribution is 6.22. The summed E-state index contributed by atoms with van der Waals surface area (Å²) in [7, 11) is 1.71. The number of fused-ring (bicyclic) bond motifs is 2. The zero-order valence-corrected chi connectivity index (χ0v) is 19.2. The van der Waals surface area contributed by atoms with E-state index in [4.69, 9.17) is 10.5 Å². The number of amides is 1. The molecule has 7 nitrogen and oxygen atoms in total. The Balaban J connectivity index is 1.43. The van der Waals surface area contributed by atoms with Gasteiger partial charge in [-0.15, -0.1) is 0 Å². The number of nitrogens with zero attached hydrogens (tertiary/aromatic N) is 3. The van der Waals surface area contributed by atoms with Crippen molar-refractivity contribution in [2.24, 2.45) is 10.7 Å². The van der Waals surface area contributed by atoms with E-state index in [9.17, 15) is 9.59 Å². The van der Waals surface area contributed by atoms with Crippen LogP contribution in [0.15, 0.2) is 53.7 Å². The molecule has 4 rings (SSSR count). The fourth-order valence-corrected chi connectivity index (χ4v) is 4.42. The summed E-state index contributed by atoms with van der Waals surface area (Å²) in [5, 5.41) is 0. The van der Waals surface area contributed by atoms with Gasteiger partial charge in [-0.25, -0.2) is 0 Å². The SMILES string of the molecule is CN=C(C)C(=CN)c1ccc2c(c1)OCCN(CC(=O)CN1CCc3ccccc3C1)C2=O. The summed E-state index contributed by atoms with van der Waals surface area (Å²) in [6.45, 7) is 4.61. The zero-order valence-electron chi connectivity index (χ0n) is 19.2. The molecule has 2 N–H and O–H groups in total. The molecule has 2 heterocycles. The van der Waals surface area contributed by atoms with Crippen molar-refractivity contribution in [3.05, 3.63) is 70.9 Å². The highest BCUT2D eigenvalue weighted by Gasteiger charge is 2.27. The number of aliphatic imine (C=N–C) groups is 1. The van der Waals surface area contributed by atoms with E-state index in [1.54, 1.807) is 18.0 Å². The van der Waals surface area contributed by atoms with Gasteiger partial charge >= 0.3 is 0 Å². The molecule has 2 aliphatic heterocycles. The third-order valence-electron chi connectivity index (χ3n) is 6.30. The van der Waals surface area contributed by atoms with Crippen LogP contribution in [0.2, 0.25) is 0 Å². The van der Waals surface area contributed by atoms with Crippen LogP contribution in [0.4, 0.5) is 0 Å². The standard InChI is InChI=1S/C26H30N4O3/c1-18(28-2)24(14-27)20-7-8-23-25(13-20)33-12-11-30(26(23)32)17-22(31)16-29-10-9-19-5-3-4-6-21(19)15-29/h3-8,13-14H,9-12,15-17,27H2,1-2H3. The van der Waals surface area contributed by atoms with Crippen molar-refractivity contribution in [1.29, 1.82) is 0 Å². The van der Waals surface area contributed by atoms with Crippen molar-refractivity contribution < 1.29 is 14.3 Å². The smallest absolute Gasteiger partial charge is 0.258 e. The molecule has 0 saturated heterocycles. The lowest BCUT2D eigenvalue weighted by atomic mass is 9.99. The summed E-state index contributed by atoms with van der Waals surface area (Å²) >= 11 is 0. The summed E-state index contributed by atoms with van der Waals surface area (Å²) in [5.74, 6) is 0.347. The second-order valence-electron chi connectivity index (χ2n) is 8.44. The van der Waals surface area contributed by atoms with Crippen LogP contribution < -0.4 is 10.5 Å². The van der Waals surface area contributed by atoms with Gasteiger partial charge in [0.15, 0.2) is 5.78 Å². The fraction of sp³-hybridized carbons (Fsp3) is 0.346. The molecule has 2 aromatic rings. The second kappa shape index (κ2) is 10.0. The highest BCUT2D eigenvalue weighted by atomic mass is 16.5. The number of allylic oxidation sites excluding steroid dienone is 1. The number of nitrogens with two attached hydrogens (primary N) is 1. The number of benzene rings is 2. The molecule has 0 aliphatic carbocycles. The van der Waals surface area contributed by atoms with E-state index in [1.807, 2.05) is 25.1 Å². The zero-order chi connectivity index (χ0) is 23.4. The maximum Gasteiger partial charge on any atom is 0.258 e. The average molecular weight is 447 g/mol. The maximum absolute atomic E-state index is 13.2. The van der Waals surface area contributed by atoms with Crippen molar-refractivity contribution >= 4 is 23.0 Å². The number of ketones is 1. The van der Waals surface area contributed by atoms with Crippen LogP contribution in [0.25, 0.3) is 5.57 Å². The van der Waals surface area contributed by atoms with Crippen molar-refractivity contribution in [2.45, 2.75) is 19.9 Å². The Hall–Kier alpha value is -3.45. The number of Topliss-reactive ketones (excluding diaryl/α,β-unsaturated/α-hetero) is 1. The van der Waals surface area contributed by atoms with E-state index in [-0.39, 0.29) is 18.2 Å². The summed E-state index contributed by atoms with van der Waals surface area (Å²) in [4.78, 5) is 34.0. The van der Waals surface area contributed by atoms with E-state index >= 15 is 0 Å². The van der Waals surface area contributed by atoms with Gasteiger partial charge in [0.25, 0.3) is 5.91 Å². The predicted molar refractivity (Wildman–Crippen MR) is 129 cm³/mol. The predicted octanol–water partition coefficient (Wildman–Crippen LogP) is 2.54. The Morgan fingerprint density at radius 2 is 1.94 bits per heavy atom. The van der Waals surface area contributed by atoms with Crippen LogP contribution in [0.3, 0.4) is 0 Å². The number of carbonyl (C=O) groups excluding carboxylic acids is 2. The molecule has 0 saturated carbocycles. The first-order chi connectivity index (χ1) is 16.0. The lowest BCUT2D eigenvalue weighted by Crippen LogP contribution is -2.42. The average Bonchev–Trinajstić information content (AvgIpc) is 2.97. The monoisotopic (exact) mass is 446 g/mol. The van der Waals surface area contributed by atoms with Gasteiger partial charge < -0.3 is 15.4 Å². The number of hydrogen-bond donors (Lipinski definition) is 1.